The van der Waals surface area contributed by atoms with E-state index in [1.807, 2.05) is 24.3 Å². The van der Waals surface area contributed by atoms with Crippen molar-refractivity contribution in [2.45, 2.75) is 25.9 Å². The minimum absolute atomic E-state index is 0.0551. The first-order valence-electron chi connectivity index (χ1n) is 5.19. The van der Waals surface area contributed by atoms with Crippen molar-refractivity contribution in [3.63, 3.8) is 0 Å². The van der Waals surface area contributed by atoms with Gasteiger partial charge in [0.1, 0.15) is 6.17 Å². The molecular weight excluding hydrogens is 190 g/mol. The number of benzene rings is 1. The third-order valence-electron chi connectivity index (χ3n) is 2.46. The molecule has 1 aromatic rings. The third-order valence-corrected chi connectivity index (χ3v) is 2.46. The van der Waals surface area contributed by atoms with Gasteiger partial charge < -0.3 is 5.32 Å². The lowest BCUT2D eigenvalue weighted by atomic mass is 10.1. The Bertz CT molecular complexity index is 376. The first kappa shape index (κ1) is 9.98. The second-order valence-corrected chi connectivity index (χ2v) is 3.58. The predicted molar refractivity (Wildman–Crippen MR) is 60.2 cm³/mol. The van der Waals surface area contributed by atoms with Gasteiger partial charge in [0.05, 0.1) is 0 Å². The fraction of sp³-hybridized carbons (Fsp3) is 0.364. The standard InChI is InChI=1S/C11H15N3O/c1-2-5-10-12-9-7-4-3-6-8(9)11(13-10)14-15/h3-4,6-7,10,12,15H,2,5H2,1H3,(H,13,14). The topological polar surface area (TPSA) is 56.7 Å². The molecule has 1 aromatic carbocycles. The summed E-state index contributed by atoms with van der Waals surface area (Å²) in [5.74, 6) is 0.544. The molecule has 0 bridgehead atoms. The highest BCUT2D eigenvalue weighted by atomic mass is 16.5. The van der Waals surface area contributed by atoms with Crippen LogP contribution in [0.3, 0.4) is 0 Å². The molecule has 0 saturated heterocycles. The van der Waals surface area contributed by atoms with Crippen LogP contribution in [0.5, 0.6) is 0 Å². The Morgan fingerprint density at radius 2 is 2.27 bits per heavy atom. The lowest BCUT2D eigenvalue weighted by Crippen LogP contribution is -2.32. The molecule has 3 N–H and O–H groups in total. The molecule has 0 radical (unpaired) electrons. The lowest BCUT2D eigenvalue weighted by molar-refractivity contribution is 0.234. The van der Waals surface area contributed by atoms with E-state index in [1.54, 1.807) is 0 Å². The summed E-state index contributed by atoms with van der Waals surface area (Å²) in [5, 5.41) is 12.3. The van der Waals surface area contributed by atoms with E-state index < -0.39 is 0 Å². The molecule has 1 heterocycles. The van der Waals surface area contributed by atoms with E-state index in [0.29, 0.717) is 5.84 Å². The van der Waals surface area contributed by atoms with Gasteiger partial charge in [0, 0.05) is 11.3 Å². The molecule has 1 unspecified atom stereocenters. The molecule has 0 aliphatic carbocycles. The molecule has 4 heteroatoms. The fourth-order valence-corrected chi connectivity index (χ4v) is 1.75. The predicted octanol–water partition coefficient (Wildman–Crippen LogP) is 1.96. The molecular formula is C11H15N3O. The molecule has 0 amide bonds. The number of nitrogens with one attached hydrogen (secondary N) is 2. The van der Waals surface area contributed by atoms with E-state index in [-0.39, 0.29) is 6.17 Å². The average Bonchev–Trinajstić information content (AvgIpc) is 2.28. The maximum atomic E-state index is 9.02. The van der Waals surface area contributed by atoms with E-state index in [4.69, 9.17) is 5.21 Å². The van der Waals surface area contributed by atoms with Crippen molar-refractivity contribution < 1.29 is 5.21 Å². The zero-order chi connectivity index (χ0) is 10.7. The highest BCUT2D eigenvalue weighted by Crippen LogP contribution is 2.22. The number of hydrogen-bond acceptors (Lipinski definition) is 4. The van der Waals surface area contributed by atoms with E-state index in [2.05, 4.69) is 22.7 Å². The minimum atomic E-state index is 0.0551. The van der Waals surface area contributed by atoms with Crippen molar-refractivity contribution in [2.24, 2.45) is 4.99 Å². The number of hydrogen-bond donors (Lipinski definition) is 3. The monoisotopic (exact) mass is 205 g/mol. The van der Waals surface area contributed by atoms with E-state index in [1.165, 1.54) is 0 Å². The highest BCUT2D eigenvalue weighted by Gasteiger charge is 2.18. The molecule has 80 valence electrons. The molecule has 15 heavy (non-hydrogen) atoms. The SMILES string of the molecule is CCCC1N=C(NO)c2ccccc2N1. The van der Waals surface area contributed by atoms with Crippen LogP contribution >= 0.6 is 0 Å². The number of amidine groups is 1. The summed E-state index contributed by atoms with van der Waals surface area (Å²) in [6.07, 6.45) is 2.07. The van der Waals surface area contributed by atoms with E-state index in [0.717, 1.165) is 24.1 Å². The Balaban J connectivity index is 2.32. The van der Waals surface area contributed by atoms with Gasteiger partial charge in [0.25, 0.3) is 0 Å². The zero-order valence-corrected chi connectivity index (χ0v) is 8.70. The maximum Gasteiger partial charge on any atom is 0.156 e. The average molecular weight is 205 g/mol. The number of fused-ring (bicyclic) bond motifs is 1. The Morgan fingerprint density at radius 3 is 3.00 bits per heavy atom. The summed E-state index contributed by atoms with van der Waals surface area (Å²) in [6.45, 7) is 2.11. The number of aliphatic imine (C=N–C) groups is 1. The van der Waals surface area contributed by atoms with Gasteiger partial charge in [-0.15, -0.1) is 0 Å². The van der Waals surface area contributed by atoms with Crippen LogP contribution in [0.4, 0.5) is 5.69 Å². The van der Waals surface area contributed by atoms with Crippen molar-refractivity contribution >= 4 is 11.5 Å². The van der Waals surface area contributed by atoms with Crippen LogP contribution < -0.4 is 10.8 Å². The minimum Gasteiger partial charge on any atom is -0.363 e. The second kappa shape index (κ2) is 4.31. The molecule has 0 aromatic heterocycles. The summed E-state index contributed by atoms with van der Waals surface area (Å²) < 4.78 is 0. The van der Waals surface area contributed by atoms with Gasteiger partial charge in [-0.2, -0.15) is 0 Å². The van der Waals surface area contributed by atoms with Crippen molar-refractivity contribution in [2.75, 3.05) is 5.32 Å². The number of anilines is 1. The van der Waals surface area contributed by atoms with Crippen LogP contribution in [0.2, 0.25) is 0 Å². The molecule has 2 rings (SSSR count). The summed E-state index contributed by atoms with van der Waals surface area (Å²) in [5.41, 5.74) is 4.08. The van der Waals surface area contributed by atoms with E-state index in [9.17, 15) is 0 Å². The molecule has 4 nitrogen and oxygen atoms in total. The van der Waals surface area contributed by atoms with Crippen LogP contribution in [0.1, 0.15) is 25.3 Å². The quantitative estimate of drug-likeness (QED) is 0.647. The number of hydroxylamine groups is 1. The summed E-state index contributed by atoms with van der Waals surface area (Å²) in [4.78, 5) is 4.38. The second-order valence-electron chi connectivity index (χ2n) is 3.58. The van der Waals surface area contributed by atoms with Crippen molar-refractivity contribution in [1.82, 2.24) is 5.48 Å². The van der Waals surface area contributed by atoms with Gasteiger partial charge in [-0.25, -0.2) is 4.99 Å². The molecule has 0 spiro atoms. The van der Waals surface area contributed by atoms with Gasteiger partial charge in [0.15, 0.2) is 5.84 Å². The first-order chi connectivity index (χ1) is 7.35. The van der Waals surface area contributed by atoms with Crippen molar-refractivity contribution in [3.8, 4) is 0 Å². The van der Waals surface area contributed by atoms with Crippen LogP contribution in [-0.2, 0) is 0 Å². The molecule has 0 fully saturated rings. The molecule has 1 atom stereocenters. The largest absolute Gasteiger partial charge is 0.363 e. The van der Waals surface area contributed by atoms with Gasteiger partial charge in [0.2, 0.25) is 0 Å². The van der Waals surface area contributed by atoms with Crippen LogP contribution in [-0.4, -0.2) is 17.2 Å². The Hall–Kier alpha value is -1.55. The zero-order valence-electron chi connectivity index (χ0n) is 8.70. The van der Waals surface area contributed by atoms with Gasteiger partial charge in [-0.1, -0.05) is 25.5 Å². The normalized spacial score (nSPS) is 18.8. The Labute approximate surface area is 89.0 Å². The van der Waals surface area contributed by atoms with Gasteiger partial charge in [-0.3, -0.25) is 10.7 Å². The third kappa shape index (κ3) is 1.94. The molecule has 0 saturated carbocycles. The van der Waals surface area contributed by atoms with Crippen LogP contribution in [0, 0.1) is 0 Å². The number of rotatable bonds is 2. The number of para-hydroxylation sites is 1. The van der Waals surface area contributed by atoms with Crippen molar-refractivity contribution in [1.29, 1.82) is 0 Å². The summed E-state index contributed by atoms with van der Waals surface area (Å²) in [7, 11) is 0. The lowest BCUT2D eigenvalue weighted by Gasteiger charge is -2.24. The molecule has 1 aliphatic rings. The Kier molecular flexibility index (Phi) is 2.87. The Morgan fingerprint density at radius 1 is 1.47 bits per heavy atom. The van der Waals surface area contributed by atoms with Gasteiger partial charge in [-0.05, 0) is 18.6 Å². The van der Waals surface area contributed by atoms with E-state index >= 15 is 0 Å². The molecule has 1 aliphatic heterocycles. The fourth-order valence-electron chi connectivity index (χ4n) is 1.75. The van der Waals surface area contributed by atoms with Crippen molar-refractivity contribution in [3.05, 3.63) is 29.8 Å². The summed E-state index contributed by atoms with van der Waals surface area (Å²) >= 11 is 0. The smallest absolute Gasteiger partial charge is 0.156 e. The van der Waals surface area contributed by atoms with Crippen LogP contribution in [0.15, 0.2) is 29.3 Å². The summed E-state index contributed by atoms with van der Waals surface area (Å²) in [6, 6.07) is 7.80. The number of nitrogens with zero attached hydrogens (tertiary/aromatic N) is 1. The highest BCUT2D eigenvalue weighted by molar-refractivity contribution is 6.04. The first-order valence-corrected chi connectivity index (χ1v) is 5.19. The maximum absolute atomic E-state index is 9.02. The van der Waals surface area contributed by atoms with Crippen LogP contribution in [0.25, 0.3) is 0 Å². The van der Waals surface area contributed by atoms with Gasteiger partial charge >= 0.3 is 0 Å².